The molecule has 0 radical (unpaired) electrons. The number of anilines is 1. The fraction of sp³-hybridized carbons (Fsp3) is 0.619. The zero-order chi connectivity index (χ0) is 21.6. The lowest BCUT2D eigenvalue weighted by Gasteiger charge is -2.22. The fourth-order valence-electron chi connectivity index (χ4n) is 3.38. The van der Waals surface area contributed by atoms with Crippen LogP contribution >= 0.6 is 0 Å². The molecule has 0 bridgehead atoms. The van der Waals surface area contributed by atoms with E-state index in [0.29, 0.717) is 37.8 Å². The molecule has 1 aromatic rings. The maximum absolute atomic E-state index is 12.9. The molecular weight excluding hydrogens is 390 g/mol. The SMILES string of the molecule is CCCN(CCC)S(=O)(=O)c1ccc(N2C[C@@H](C(=O)NCC(C)C)CC2=O)cc1. The Balaban J connectivity index is 2.11. The molecule has 0 aromatic heterocycles. The van der Waals surface area contributed by atoms with Gasteiger partial charge in [0.15, 0.2) is 0 Å². The van der Waals surface area contributed by atoms with Crippen molar-refractivity contribution in [3.63, 3.8) is 0 Å². The number of benzene rings is 1. The summed E-state index contributed by atoms with van der Waals surface area (Å²) in [6.45, 7) is 9.80. The van der Waals surface area contributed by atoms with Gasteiger partial charge in [-0.1, -0.05) is 27.7 Å². The first-order chi connectivity index (χ1) is 13.7. The van der Waals surface area contributed by atoms with Crippen molar-refractivity contribution in [3.05, 3.63) is 24.3 Å². The van der Waals surface area contributed by atoms with Gasteiger partial charge in [0.1, 0.15) is 0 Å². The monoisotopic (exact) mass is 423 g/mol. The molecule has 1 aromatic carbocycles. The van der Waals surface area contributed by atoms with Crippen molar-refractivity contribution in [2.45, 2.75) is 51.9 Å². The van der Waals surface area contributed by atoms with E-state index in [4.69, 9.17) is 0 Å². The maximum Gasteiger partial charge on any atom is 0.243 e. The minimum Gasteiger partial charge on any atom is -0.356 e. The van der Waals surface area contributed by atoms with E-state index < -0.39 is 10.0 Å². The minimum atomic E-state index is -3.55. The predicted octanol–water partition coefficient (Wildman–Crippen LogP) is 2.62. The third-order valence-corrected chi connectivity index (χ3v) is 6.83. The zero-order valence-corrected chi connectivity index (χ0v) is 18.7. The van der Waals surface area contributed by atoms with Crippen LogP contribution in [0, 0.1) is 11.8 Å². The van der Waals surface area contributed by atoms with Gasteiger partial charge in [0.25, 0.3) is 0 Å². The topological polar surface area (TPSA) is 86.8 Å². The Bertz CT molecular complexity index is 800. The molecule has 162 valence electrons. The second-order valence-electron chi connectivity index (χ2n) is 7.94. The van der Waals surface area contributed by atoms with Crippen LogP contribution in [0.25, 0.3) is 0 Å². The summed E-state index contributed by atoms with van der Waals surface area (Å²) in [6.07, 6.45) is 1.67. The number of carbonyl (C=O) groups is 2. The highest BCUT2D eigenvalue weighted by molar-refractivity contribution is 7.89. The number of carbonyl (C=O) groups excluding carboxylic acids is 2. The summed E-state index contributed by atoms with van der Waals surface area (Å²) in [4.78, 5) is 26.5. The molecule has 1 N–H and O–H groups in total. The van der Waals surface area contributed by atoms with Crippen LogP contribution in [0.15, 0.2) is 29.2 Å². The van der Waals surface area contributed by atoms with Crippen LogP contribution in [0.3, 0.4) is 0 Å². The molecule has 2 rings (SSSR count). The number of hydrogen-bond acceptors (Lipinski definition) is 4. The van der Waals surface area contributed by atoms with E-state index >= 15 is 0 Å². The largest absolute Gasteiger partial charge is 0.356 e. The Morgan fingerprint density at radius 1 is 1.17 bits per heavy atom. The van der Waals surface area contributed by atoms with Crippen LogP contribution in [0.2, 0.25) is 0 Å². The molecule has 1 heterocycles. The highest BCUT2D eigenvalue weighted by Gasteiger charge is 2.35. The molecule has 2 amide bonds. The normalized spacial score (nSPS) is 17.4. The van der Waals surface area contributed by atoms with Gasteiger partial charge in [-0.2, -0.15) is 4.31 Å². The van der Waals surface area contributed by atoms with E-state index in [2.05, 4.69) is 5.32 Å². The van der Waals surface area contributed by atoms with E-state index in [0.717, 1.165) is 12.8 Å². The van der Waals surface area contributed by atoms with Gasteiger partial charge in [0.2, 0.25) is 21.8 Å². The zero-order valence-electron chi connectivity index (χ0n) is 17.8. The van der Waals surface area contributed by atoms with Crippen molar-refractivity contribution >= 4 is 27.5 Å². The molecule has 0 saturated carbocycles. The molecule has 29 heavy (non-hydrogen) atoms. The Labute approximate surface area is 174 Å². The number of nitrogens with zero attached hydrogens (tertiary/aromatic N) is 2. The first-order valence-electron chi connectivity index (χ1n) is 10.4. The molecule has 1 atom stereocenters. The van der Waals surface area contributed by atoms with Crippen molar-refractivity contribution in [1.82, 2.24) is 9.62 Å². The van der Waals surface area contributed by atoms with Crippen molar-refractivity contribution in [3.8, 4) is 0 Å². The summed E-state index contributed by atoms with van der Waals surface area (Å²) >= 11 is 0. The van der Waals surface area contributed by atoms with Crippen LogP contribution in [-0.2, 0) is 19.6 Å². The van der Waals surface area contributed by atoms with Gasteiger partial charge in [0.05, 0.1) is 10.8 Å². The average molecular weight is 424 g/mol. The highest BCUT2D eigenvalue weighted by atomic mass is 32.2. The molecule has 1 fully saturated rings. The van der Waals surface area contributed by atoms with Gasteiger partial charge < -0.3 is 10.2 Å². The lowest BCUT2D eigenvalue weighted by molar-refractivity contribution is -0.126. The van der Waals surface area contributed by atoms with Crippen molar-refractivity contribution in [2.24, 2.45) is 11.8 Å². The molecule has 8 heteroatoms. The van der Waals surface area contributed by atoms with Gasteiger partial charge in [-0.15, -0.1) is 0 Å². The Kier molecular flexibility index (Phi) is 8.22. The van der Waals surface area contributed by atoms with Crippen molar-refractivity contribution in [1.29, 1.82) is 0 Å². The summed E-state index contributed by atoms with van der Waals surface area (Å²) in [6, 6.07) is 6.38. The molecule has 1 aliphatic rings. The van der Waals surface area contributed by atoms with E-state index in [-0.39, 0.29) is 29.0 Å². The molecule has 0 unspecified atom stereocenters. The second kappa shape index (κ2) is 10.2. The van der Waals surface area contributed by atoms with Crippen LogP contribution in [0.5, 0.6) is 0 Å². The smallest absolute Gasteiger partial charge is 0.243 e. The number of amides is 2. The van der Waals surface area contributed by atoms with Crippen molar-refractivity contribution in [2.75, 3.05) is 31.1 Å². The Morgan fingerprint density at radius 3 is 2.28 bits per heavy atom. The van der Waals surface area contributed by atoms with Gasteiger partial charge in [-0.25, -0.2) is 8.42 Å². The summed E-state index contributed by atoms with van der Waals surface area (Å²) in [5.41, 5.74) is 0.616. The van der Waals surface area contributed by atoms with Crippen LogP contribution in [-0.4, -0.2) is 50.7 Å². The van der Waals surface area contributed by atoms with Gasteiger partial charge in [0, 0.05) is 38.3 Å². The quantitative estimate of drug-likeness (QED) is 0.627. The van der Waals surface area contributed by atoms with Crippen LogP contribution in [0.4, 0.5) is 5.69 Å². The number of sulfonamides is 1. The first-order valence-corrected chi connectivity index (χ1v) is 11.8. The fourth-order valence-corrected chi connectivity index (χ4v) is 5.00. The number of rotatable bonds is 10. The number of nitrogens with one attached hydrogen (secondary N) is 1. The lowest BCUT2D eigenvalue weighted by Crippen LogP contribution is -2.35. The third kappa shape index (κ3) is 5.79. The molecule has 0 spiro atoms. The van der Waals surface area contributed by atoms with Gasteiger partial charge >= 0.3 is 0 Å². The molecule has 1 aliphatic heterocycles. The predicted molar refractivity (Wildman–Crippen MR) is 114 cm³/mol. The molecule has 0 aliphatic carbocycles. The average Bonchev–Trinajstić information content (AvgIpc) is 3.07. The summed E-state index contributed by atoms with van der Waals surface area (Å²) in [5.74, 6) is -0.261. The molecular formula is C21H33N3O4S. The summed E-state index contributed by atoms with van der Waals surface area (Å²) in [7, 11) is -3.55. The van der Waals surface area contributed by atoms with Gasteiger partial charge in [-0.05, 0) is 43.0 Å². The molecule has 1 saturated heterocycles. The minimum absolute atomic E-state index is 0.108. The highest BCUT2D eigenvalue weighted by Crippen LogP contribution is 2.27. The van der Waals surface area contributed by atoms with Crippen LogP contribution in [0.1, 0.15) is 47.0 Å². The van der Waals surface area contributed by atoms with Crippen molar-refractivity contribution < 1.29 is 18.0 Å². The first kappa shape index (κ1) is 23.3. The Hall–Kier alpha value is -1.93. The summed E-state index contributed by atoms with van der Waals surface area (Å²) < 4.78 is 27.2. The second-order valence-corrected chi connectivity index (χ2v) is 9.88. The van der Waals surface area contributed by atoms with E-state index in [9.17, 15) is 18.0 Å². The number of hydrogen-bond donors (Lipinski definition) is 1. The third-order valence-electron chi connectivity index (χ3n) is 4.91. The van der Waals surface area contributed by atoms with Crippen LogP contribution < -0.4 is 10.2 Å². The van der Waals surface area contributed by atoms with E-state index in [1.165, 1.54) is 4.31 Å². The Morgan fingerprint density at radius 2 is 1.76 bits per heavy atom. The standard InChI is InChI=1S/C21H33N3O4S/c1-5-11-23(12-6-2)29(27,28)19-9-7-18(8-10-19)24-15-17(13-20(24)25)21(26)22-14-16(3)4/h7-10,16-17H,5-6,11-15H2,1-4H3,(H,22,26)/t17-/m0/s1. The summed E-state index contributed by atoms with van der Waals surface area (Å²) in [5, 5.41) is 2.88. The maximum atomic E-state index is 12.9. The van der Waals surface area contributed by atoms with E-state index in [1.807, 2.05) is 27.7 Å². The molecule has 7 nitrogen and oxygen atoms in total. The lowest BCUT2D eigenvalue weighted by atomic mass is 10.1. The van der Waals surface area contributed by atoms with E-state index in [1.54, 1.807) is 29.2 Å². The van der Waals surface area contributed by atoms with Gasteiger partial charge in [-0.3, -0.25) is 9.59 Å².